The van der Waals surface area contributed by atoms with E-state index in [1.54, 1.807) is 24.3 Å². The molecule has 1 amide bonds. The summed E-state index contributed by atoms with van der Waals surface area (Å²) in [5.74, 6) is 0.303. The lowest BCUT2D eigenvalue weighted by atomic mass is 10.0. The van der Waals surface area contributed by atoms with E-state index in [1.165, 1.54) is 0 Å². The molecule has 3 rings (SSSR count). The van der Waals surface area contributed by atoms with Gasteiger partial charge in [0.1, 0.15) is 0 Å². The van der Waals surface area contributed by atoms with Crippen LogP contribution < -0.4 is 20.3 Å². The van der Waals surface area contributed by atoms with Gasteiger partial charge in [-0.05, 0) is 61.6 Å². The predicted molar refractivity (Wildman–Crippen MR) is 135 cm³/mol. The standard InChI is InChI=1S/C25H36N4O3S/c1-5-19(4)27-25(30)23-17-21(8-11-24(23)29-14-12-26-13-15-29)28-33(31,32)22-9-6-20(7-10-22)16-18(2)3/h6-11,17-19,26,28H,5,12-16H2,1-4H3,(H,27,30)/t19-/m1/s1. The Bertz CT molecular complexity index is 1050. The summed E-state index contributed by atoms with van der Waals surface area (Å²) >= 11 is 0. The molecule has 33 heavy (non-hydrogen) atoms. The average Bonchev–Trinajstić information content (AvgIpc) is 2.79. The van der Waals surface area contributed by atoms with E-state index in [0.717, 1.165) is 50.3 Å². The molecule has 1 saturated heterocycles. The van der Waals surface area contributed by atoms with Crippen LogP contribution in [0.1, 0.15) is 50.0 Å². The Kier molecular flexibility index (Phi) is 8.37. The molecule has 1 aliphatic heterocycles. The Morgan fingerprint density at radius 3 is 2.33 bits per heavy atom. The minimum atomic E-state index is -3.77. The second kappa shape index (κ2) is 11.0. The molecule has 3 N–H and O–H groups in total. The third kappa shape index (κ3) is 6.71. The van der Waals surface area contributed by atoms with Crippen LogP contribution in [-0.4, -0.2) is 46.5 Å². The molecule has 0 spiro atoms. The zero-order valence-corrected chi connectivity index (χ0v) is 20.8. The van der Waals surface area contributed by atoms with E-state index in [-0.39, 0.29) is 16.8 Å². The van der Waals surface area contributed by atoms with E-state index in [1.807, 2.05) is 32.0 Å². The van der Waals surface area contributed by atoms with Crippen molar-refractivity contribution in [3.63, 3.8) is 0 Å². The van der Waals surface area contributed by atoms with E-state index < -0.39 is 10.0 Å². The molecule has 0 bridgehead atoms. The number of hydrogen-bond donors (Lipinski definition) is 3. The van der Waals surface area contributed by atoms with Gasteiger partial charge >= 0.3 is 0 Å². The van der Waals surface area contributed by atoms with Crippen LogP contribution in [0.5, 0.6) is 0 Å². The number of piperazine rings is 1. The number of benzene rings is 2. The normalized spacial score (nSPS) is 15.4. The molecule has 0 saturated carbocycles. The fourth-order valence-corrected chi connectivity index (χ4v) is 4.91. The van der Waals surface area contributed by atoms with Gasteiger partial charge in [0.25, 0.3) is 15.9 Å². The molecular formula is C25H36N4O3S. The van der Waals surface area contributed by atoms with E-state index in [4.69, 9.17) is 0 Å². The lowest BCUT2D eigenvalue weighted by molar-refractivity contribution is 0.0939. The van der Waals surface area contributed by atoms with Crippen LogP contribution in [0.25, 0.3) is 0 Å². The molecule has 0 unspecified atom stereocenters. The van der Waals surface area contributed by atoms with Crippen molar-refractivity contribution in [1.29, 1.82) is 0 Å². The predicted octanol–water partition coefficient (Wildman–Crippen LogP) is 3.62. The summed E-state index contributed by atoms with van der Waals surface area (Å²) in [6.45, 7) is 11.5. The van der Waals surface area contributed by atoms with Crippen molar-refractivity contribution in [3.8, 4) is 0 Å². The molecule has 1 fully saturated rings. The van der Waals surface area contributed by atoms with Gasteiger partial charge in [-0.25, -0.2) is 8.42 Å². The first-order chi connectivity index (χ1) is 15.7. The monoisotopic (exact) mass is 472 g/mol. The minimum absolute atomic E-state index is 0.0260. The molecule has 1 heterocycles. The maximum Gasteiger partial charge on any atom is 0.261 e. The second-order valence-corrected chi connectivity index (χ2v) is 10.8. The Morgan fingerprint density at radius 1 is 1.06 bits per heavy atom. The fourth-order valence-electron chi connectivity index (χ4n) is 3.86. The number of amides is 1. The summed E-state index contributed by atoms with van der Waals surface area (Å²) in [5, 5.41) is 6.33. The molecule has 8 heteroatoms. The van der Waals surface area contributed by atoms with Gasteiger partial charge < -0.3 is 15.5 Å². The number of carbonyl (C=O) groups is 1. The quantitative estimate of drug-likeness (QED) is 0.519. The number of sulfonamides is 1. The zero-order valence-electron chi connectivity index (χ0n) is 20.0. The van der Waals surface area contributed by atoms with Gasteiger partial charge in [0.05, 0.1) is 10.5 Å². The maximum absolute atomic E-state index is 13.1. The van der Waals surface area contributed by atoms with Crippen molar-refractivity contribution in [2.24, 2.45) is 5.92 Å². The van der Waals surface area contributed by atoms with Gasteiger partial charge in [0.15, 0.2) is 0 Å². The molecule has 2 aromatic carbocycles. The first-order valence-electron chi connectivity index (χ1n) is 11.7. The van der Waals surface area contributed by atoms with E-state index >= 15 is 0 Å². The highest BCUT2D eigenvalue weighted by molar-refractivity contribution is 7.92. The lowest BCUT2D eigenvalue weighted by Gasteiger charge is -2.31. The molecule has 180 valence electrons. The van der Waals surface area contributed by atoms with Crippen molar-refractivity contribution in [1.82, 2.24) is 10.6 Å². The third-order valence-electron chi connectivity index (χ3n) is 5.82. The van der Waals surface area contributed by atoms with Crippen molar-refractivity contribution >= 4 is 27.3 Å². The number of carbonyl (C=O) groups excluding carboxylic acids is 1. The van der Waals surface area contributed by atoms with Crippen molar-refractivity contribution in [3.05, 3.63) is 53.6 Å². The molecule has 0 aromatic heterocycles. The van der Waals surface area contributed by atoms with Crippen LogP contribution in [-0.2, 0) is 16.4 Å². The Morgan fingerprint density at radius 2 is 1.73 bits per heavy atom. The summed E-state index contributed by atoms with van der Waals surface area (Å²) in [6.07, 6.45) is 1.71. The van der Waals surface area contributed by atoms with Crippen molar-refractivity contribution < 1.29 is 13.2 Å². The third-order valence-corrected chi connectivity index (χ3v) is 7.22. The number of anilines is 2. The second-order valence-electron chi connectivity index (χ2n) is 9.10. The molecule has 0 aliphatic carbocycles. The van der Waals surface area contributed by atoms with Gasteiger partial charge in [0, 0.05) is 43.6 Å². The summed E-state index contributed by atoms with van der Waals surface area (Å²) in [6, 6.07) is 12.2. The molecule has 1 atom stereocenters. The van der Waals surface area contributed by atoms with Gasteiger partial charge in [-0.3, -0.25) is 9.52 Å². The highest BCUT2D eigenvalue weighted by Crippen LogP contribution is 2.27. The summed E-state index contributed by atoms with van der Waals surface area (Å²) in [7, 11) is -3.77. The van der Waals surface area contributed by atoms with Crippen molar-refractivity contribution in [2.45, 2.75) is 51.5 Å². The highest BCUT2D eigenvalue weighted by Gasteiger charge is 2.22. The van der Waals surface area contributed by atoms with Crippen LogP contribution in [0.4, 0.5) is 11.4 Å². The highest BCUT2D eigenvalue weighted by atomic mass is 32.2. The van der Waals surface area contributed by atoms with E-state index in [0.29, 0.717) is 17.2 Å². The summed E-state index contributed by atoms with van der Waals surface area (Å²) in [4.78, 5) is 15.4. The van der Waals surface area contributed by atoms with Crippen LogP contribution in [0.2, 0.25) is 0 Å². The lowest BCUT2D eigenvalue weighted by Crippen LogP contribution is -2.44. The average molecular weight is 473 g/mol. The molecule has 1 aliphatic rings. The van der Waals surface area contributed by atoms with Crippen LogP contribution in [0.3, 0.4) is 0 Å². The zero-order chi connectivity index (χ0) is 24.0. The summed E-state index contributed by atoms with van der Waals surface area (Å²) in [5.41, 5.74) is 2.77. The fraction of sp³-hybridized carbons (Fsp3) is 0.480. The van der Waals surface area contributed by atoms with Crippen LogP contribution in [0.15, 0.2) is 47.4 Å². The topological polar surface area (TPSA) is 90.5 Å². The molecule has 7 nitrogen and oxygen atoms in total. The Hall–Kier alpha value is -2.58. The van der Waals surface area contributed by atoms with E-state index in [9.17, 15) is 13.2 Å². The van der Waals surface area contributed by atoms with Gasteiger partial charge in [-0.1, -0.05) is 32.9 Å². The number of nitrogens with zero attached hydrogens (tertiary/aromatic N) is 1. The van der Waals surface area contributed by atoms with Gasteiger partial charge in [0.2, 0.25) is 0 Å². The molecular weight excluding hydrogens is 436 g/mol. The Balaban J connectivity index is 1.87. The SMILES string of the molecule is CC[C@@H](C)NC(=O)c1cc(NS(=O)(=O)c2ccc(CC(C)C)cc2)ccc1N1CCNCC1. The molecule has 2 aromatic rings. The van der Waals surface area contributed by atoms with Gasteiger partial charge in [-0.2, -0.15) is 0 Å². The van der Waals surface area contributed by atoms with Gasteiger partial charge in [-0.15, -0.1) is 0 Å². The molecule has 0 radical (unpaired) electrons. The number of hydrogen-bond acceptors (Lipinski definition) is 5. The van der Waals surface area contributed by atoms with Crippen LogP contribution in [0, 0.1) is 5.92 Å². The van der Waals surface area contributed by atoms with Crippen LogP contribution >= 0.6 is 0 Å². The first kappa shape index (κ1) is 25.1. The summed E-state index contributed by atoms with van der Waals surface area (Å²) < 4.78 is 28.6. The first-order valence-corrected chi connectivity index (χ1v) is 13.2. The maximum atomic E-state index is 13.1. The number of nitrogens with one attached hydrogen (secondary N) is 3. The van der Waals surface area contributed by atoms with E-state index in [2.05, 4.69) is 34.1 Å². The smallest absolute Gasteiger partial charge is 0.261 e. The minimum Gasteiger partial charge on any atom is -0.368 e. The number of rotatable bonds is 9. The Labute approximate surface area is 198 Å². The van der Waals surface area contributed by atoms with Crippen molar-refractivity contribution in [2.75, 3.05) is 35.8 Å². The largest absolute Gasteiger partial charge is 0.368 e.